The summed E-state index contributed by atoms with van der Waals surface area (Å²) in [7, 11) is 0. The van der Waals surface area contributed by atoms with Gasteiger partial charge in [-0.05, 0) is 31.9 Å². The standard InChI is InChI=1S/C18H22N2O2/c1-12(2)17-11-15(19-22-17)16-8-5-9-20(16)18(21)14-7-4-6-13(3)10-14/h4,6-7,10-12,16H,5,8-9H2,1-3H3/t16-/m0/s1. The van der Waals surface area contributed by atoms with Crippen LogP contribution in [0.3, 0.4) is 0 Å². The van der Waals surface area contributed by atoms with Gasteiger partial charge in [0.25, 0.3) is 5.91 Å². The van der Waals surface area contributed by atoms with E-state index >= 15 is 0 Å². The van der Waals surface area contributed by atoms with Crippen molar-refractivity contribution in [3.8, 4) is 0 Å². The van der Waals surface area contributed by atoms with E-state index in [0.29, 0.717) is 5.92 Å². The van der Waals surface area contributed by atoms with Gasteiger partial charge in [0, 0.05) is 24.1 Å². The second-order valence-electron chi connectivity index (χ2n) is 6.33. The lowest BCUT2D eigenvalue weighted by atomic mass is 10.1. The van der Waals surface area contributed by atoms with Gasteiger partial charge in [0.05, 0.1) is 6.04 Å². The Hall–Kier alpha value is -2.10. The summed E-state index contributed by atoms with van der Waals surface area (Å²) < 4.78 is 5.40. The lowest BCUT2D eigenvalue weighted by Crippen LogP contribution is -2.30. The molecule has 2 heterocycles. The summed E-state index contributed by atoms with van der Waals surface area (Å²) >= 11 is 0. The molecule has 1 amide bonds. The molecule has 0 saturated carbocycles. The third-order valence-electron chi connectivity index (χ3n) is 4.24. The lowest BCUT2D eigenvalue weighted by Gasteiger charge is -2.23. The largest absolute Gasteiger partial charge is 0.361 e. The van der Waals surface area contributed by atoms with E-state index in [1.807, 2.05) is 42.2 Å². The van der Waals surface area contributed by atoms with E-state index in [0.717, 1.165) is 42.0 Å². The summed E-state index contributed by atoms with van der Waals surface area (Å²) in [5, 5.41) is 4.19. The molecular weight excluding hydrogens is 276 g/mol. The molecule has 1 atom stereocenters. The summed E-state index contributed by atoms with van der Waals surface area (Å²) in [5.41, 5.74) is 2.73. The van der Waals surface area contributed by atoms with Gasteiger partial charge in [0.15, 0.2) is 0 Å². The van der Waals surface area contributed by atoms with Crippen molar-refractivity contribution >= 4 is 5.91 Å². The molecule has 0 radical (unpaired) electrons. The molecule has 0 spiro atoms. The zero-order valence-electron chi connectivity index (χ0n) is 13.4. The van der Waals surface area contributed by atoms with Crippen LogP contribution in [0.25, 0.3) is 0 Å². The zero-order valence-corrected chi connectivity index (χ0v) is 13.4. The number of amides is 1. The molecule has 1 aliphatic rings. The molecule has 1 aliphatic heterocycles. The maximum absolute atomic E-state index is 12.8. The summed E-state index contributed by atoms with van der Waals surface area (Å²) in [6.07, 6.45) is 1.95. The highest BCUT2D eigenvalue weighted by Crippen LogP contribution is 2.33. The number of aryl methyl sites for hydroxylation is 1. The van der Waals surface area contributed by atoms with Crippen LogP contribution in [0.1, 0.15) is 66.0 Å². The first-order valence-corrected chi connectivity index (χ1v) is 7.90. The fraction of sp³-hybridized carbons (Fsp3) is 0.444. The van der Waals surface area contributed by atoms with E-state index in [1.54, 1.807) is 0 Å². The highest BCUT2D eigenvalue weighted by atomic mass is 16.5. The first-order chi connectivity index (χ1) is 10.6. The van der Waals surface area contributed by atoms with E-state index in [2.05, 4.69) is 19.0 Å². The SMILES string of the molecule is Cc1cccc(C(=O)N2CCC[C@H]2c2cc(C(C)C)on2)c1. The Morgan fingerprint density at radius 3 is 2.86 bits per heavy atom. The quantitative estimate of drug-likeness (QED) is 0.857. The molecule has 0 N–H and O–H groups in total. The van der Waals surface area contributed by atoms with Crippen LogP contribution < -0.4 is 0 Å². The van der Waals surface area contributed by atoms with Crippen LogP contribution >= 0.6 is 0 Å². The van der Waals surface area contributed by atoms with E-state index in [9.17, 15) is 4.79 Å². The fourth-order valence-electron chi connectivity index (χ4n) is 2.99. The number of rotatable bonds is 3. The number of carbonyl (C=O) groups is 1. The van der Waals surface area contributed by atoms with E-state index in [1.165, 1.54) is 0 Å². The first-order valence-electron chi connectivity index (χ1n) is 7.90. The zero-order chi connectivity index (χ0) is 15.7. The fourth-order valence-corrected chi connectivity index (χ4v) is 2.99. The molecule has 4 heteroatoms. The summed E-state index contributed by atoms with van der Waals surface area (Å²) in [6.45, 7) is 6.94. The molecule has 4 nitrogen and oxygen atoms in total. The van der Waals surface area contributed by atoms with Gasteiger partial charge in [-0.1, -0.05) is 36.7 Å². The number of likely N-dealkylation sites (tertiary alicyclic amines) is 1. The third kappa shape index (κ3) is 2.78. The maximum atomic E-state index is 12.8. The average molecular weight is 298 g/mol. The van der Waals surface area contributed by atoms with Gasteiger partial charge in [-0.25, -0.2) is 0 Å². The molecule has 1 saturated heterocycles. The van der Waals surface area contributed by atoms with Crippen LogP contribution in [-0.2, 0) is 0 Å². The Morgan fingerprint density at radius 2 is 2.18 bits per heavy atom. The van der Waals surface area contributed by atoms with Gasteiger partial charge in [0.2, 0.25) is 0 Å². The van der Waals surface area contributed by atoms with E-state index in [-0.39, 0.29) is 11.9 Å². The minimum absolute atomic E-state index is 0.0317. The number of hydrogen-bond acceptors (Lipinski definition) is 3. The topological polar surface area (TPSA) is 46.3 Å². The molecule has 22 heavy (non-hydrogen) atoms. The Labute approximate surface area is 131 Å². The second-order valence-corrected chi connectivity index (χ2v) is 6.33. The molecule has 3 rings (SSSR count). The Morgan fingerprint density at radius 1 is 1.36 bits per heavy atom. The number of nitrogens with zero attached hydrogens (tertiary/aromatic N) is 2. The molecule has 0 unspecified atom stereocenters. The van der Waals surface area contributed by atoms with Crippen LogP contribution in [0.4, 0.5) is 0 Å². The summed E-state index contributed by atoms with van der Waals surface area (Å²) in [6, 6.07) is 9.79. The van der Waals surface area contributed by atoms with Gasteiger partial charge in [-0.15, -0.1) is 0 Å². The predicted octanol–water partition coefficient (Wildman–Crippen LogP) is 4.08. The monoisotopic (exact) mass is 298 g/mol. The Kier molecular flexibility index (Phi) is 4.01. The van der Waals surface area contributed by atoms with Crippen molar-refractivity contribution in [3.63, 3.8) is 0 Å². The van der Waals surface area contributed by atoms with Crippen molar-refractivity contribution in [2.45, 2.75) is 45.6 Å². The molecule has 1 aromatic heterocycles. The Balaban J connectivity index is 1.84. The van der Waals surface area contributed by atoms with Crippen LogP contribution in [-0.4, -0.2) is 22.5 Å². The van der Waals surface area contributed by atoms with Gasteiger partial charge in [-0.2, -0.15) is 0 Å². The molecule has 2 aromatic rings. The maximum Gasteiger partial charge on any atom is 0.254 e. The smallest absolute Gasteiger partial charge is 0.254 e. The van der Waals surface area contributed by atoms with Crippen molar-refractivity contribution in [1.82, 2.24) is 10.1 Å². The molecule has 1 fully saturated rings. The van der Waals surface area contributed by atoms with Crippen LogP contribution in [0.2, 0.25) is 0 Å². The minimum atomic E-state index is 0.0317. The van der Waals surface area contributed by atoms with Crippen molar-refractivity contribution in [2.24, 2.45) is 0 Å². The lowest BCUT2D eigenvalue weighted by molar-refractivity contribution is 0.0730. The number of carbonyl (C=O) groups excluding carboxylic acids is 1. The summed E-state index contributed by atoms with van der Waals surface area (Å²) in [5.74, 6) is 1.27. The molecule has 1 aromatic carbocycles. The van der Waals surface area contributed by atoms with Crippen molar-refractivity contribution < 1.29 is 9.32 Å². The van der Waals surface area contributed by atoms with Gasteiger partial charge in [-0.3, -0.25) is 4.79 Å². The third-order valence-corrected chi connectivity index (χ3v) is 4.24. The highest BCUT2D eigenvalue weighted by molar-refractivity contribution is 5.94. The van der Waals surface area contributed by atoms with Crippen molar-refractivity contribution in [2.75, 3.05) is 6.54 Å². The number of benzene rings is 1. The average Bonchev–Trinajstić information content (AvgIpc) is 3.15. The predicted molar refractivity (Wildman–Crippen MR) is 84.8 cm³/mol. The summed E-state index contributed by atoms with van der Waals surface area (Å²) in [4.78, 5) is 14.7. The molecule has 0 aliphatic carbocycles. The van der Waals surface area contributed by atoms with Gasteiger partial charge < -0.3 is 9.42 Å². The van der Waals surface area contributed by atoms with Crippen LogP contribution in [0.15, 0.2) is 34.9 Å². The van der Waals surface area contributed by atoms with Crippen molar-refractivity contribution in [3.05, 3.63) is 52.9 Å². The van der Waals surface area contributed by atoms with Crippen LogP contribution in [0.5, 0.6) is 0 Å². The van der Waals surface area contributed by atoms with E-state index < -0.39 is 0 Å². The highest BCUT2D eigenvalue weighted by Gasteiger charge is 2.33. The molecular formula is C18H22N2O2. The Bertz CT molecular complexity index is 675. The second kappa shape index (κ2) is 5.95. The molecule has 0 bridgehead atoms. The van der Waals surface area contributed by atoms with Crippen molar-refractivity contribution in [1.29, 1.82) is 0 Å². The van der Waals surface area contributed by atoms with Gasteiger partial charge in [0.1, 0.15) is 11.5 Å². The van der Waals surface area contributed by atoms with Gasteiger partial charge >= 0.3 is 0 Å². The number of hydrogen-bond donors (Lipinski definition) is 0. The first kappa shape index (κ1) is 14.8. The molecule has 116 valence electrons. The minimum Gasteiger partial charge on any atom is -0.361 e. The normalized spacial score (nSPS) is 18.2. The number of aromatic nitrogens is 1. The van der Waals surface area contributed by atoms with Crippen LogP contribution in [0, 0.1) is 6.92 Å². The van der Waals surface area contributed by atoms with E-state index in [4.69, 9.17) is 4.52 Å².